The zero-order valence-electron chi connectivity index (χ0n) is 50.9. The van der Waals surface area contributed by atoms with Crippen molar-refractivity contribution in [2.75, 3.05) is 40.1 Å². The van der Waals surface area contributed by atoms with E-state index in [9.17, 15) is 48.3 Å². The molecule has 1 amide bonds. The van der Waals surface area contributed by atoms with Gasteiger partial charge in [0.25, 0.3) is 0 Å². The Labute approximate surface area is 503 Å². The van der Waals surface area contributed by atoms with E-state index in [4.69, 9.17) is 56.8 Å². The molecular weight excluding hydrogens is 1140 g/mol. The van der Waals surface area contributed by atoms with Crippen LogP contribution in [0.2, 0.25) is 0 Å². The van der Waals surface area contributed by atoms with E-state index in [1.165, 1.54) is 59.1 Å². The SMILES string of the molecule is COCCOC(=O)C(C)(COC(=O)CCC(=O)O[C@@H](C(=O)O[C@H]1C[C@@]2(O)[C@@H](OC(=O)c3ccccc3)[C@@H]3[C@]4(OC(C)=O)CO[C@@H]4C[C@@H]4C[C@@]43C(=O)[C@H](OC(C)=O)C(=C1C)C2(C)C)[C@@H](NC(=O)OC(C)(C)C)c1ccccc1)COC(=O)C(C)OC(C)=O. The number of Topliss-reactive ketones (excluding diaryl/α,β-unsaturated/α-hetero) is 1. The van der Waals surface area contributed by atoms with Crippen LogP contribution in [0.25, 0.3) is 0 Å². The molecule has 0 radical (unpaired) electrons. The lowest BCUT2D eigenvalue weighted by atomic mass is 9.48. The van der Waals surface area contributed by atoms with Gasteiger partial charge in [-0.2, -0.15) is 0 Å². The molecule has 474 valence electrons. The van der Waals surface area contributed by atoms with Gasteiger partial charge in [-0.15, -0.1) is 0 Å². The van der Waals surface area contributed by atoms with Crippen molar-refractivity contribution in [2.45, 2.75) is 168 Å². The minimum atomic E-state index is -2.44. The number of hydrogen-bond acceptors (Lipinski definition) is 24. The van der Waals surface area contributed by atoms with E-state index in [-0.39, 0.29) is 54.9 Å². The Morgan fingerprint density at radius 1 is 0.759 bits per heavy atom. The average Bonchev–Trinajstić information content (AvgIpc) is 1.54. The smallest absolute Gasteiger partial charge is 0.408 e. The first-order chi connectivity index (χ1) is 40.7. The maximum absolute atomic E-state index is 15.8. The van der Waals surface area contributed by atoms with Crippen LogP contribution in [0.4, 0.5) is 4.79 Å². The summed E-state index contributed by atoms with van der Waals surface area (Å²) in [6, 6.07) is 13.9. The predicted molar refractivity (Wildman–Crippen MR) is 297 cm³/mol. The Balaban J connectivity index is 1.26. The first kappa shape index (κ1) is 66.8. The monoisotopic (exact) mass is 1220 g/mol. The largest absolute Gasteiger partial charge is 0.464 e. The van der Waals surface area contributed by atoms with Crippen LogP contribution < -0.4 is 5.32 Å². The lowest BCUT2D eigenvalue weighted by Crippen LogP contribution is -2.78. The van der Waals surface area contributed by atoms with Gasteiger partial charge >= 0.3 is 59.8 Å². The minimum absolute atomic E-state index is 0.00499. The Morgan fingerprint density at radius 2 is 1.39 bits per heavy atom. The molecule has 1 spiro atoms. The molecule has 4 fully saturated rings. The fourth-order valence-electron chi connectivity index (χ4n) is 12.4. The van der Waals surface area contributed by atoms with Gasteiger partial charge in [-0.3, -0.25) is 33.6 Å². The number of ketones is 1. The van der Waals surface area contributed by atoms with Crippen molar-refractivity contribution < 1.29 is 115 Å². The van der Waals surface area contributed by atoms with Crippen LogP contribution in [0.15, 0.2) is 71.8 Å². The Morgan fingerprint density at radius 3 is 1.98 bits per heavy atom. The van der Waals surface area contributed by atoms with Crippen molar-refractivity contribution in [2.24, 2.45) is 28.1 Å². The van der Waals surface area contributed by atoms with Gasteiger partial charge in [-0.25, -0.2) is 19.2 Å². The van der Waals surface area contributed by atoms with E-state index in [1.54, 1.807) is 71.0 Å². The second kappa shape index (κ2) is 26.3. The van der Waals surface area contributed by atoms with Crippen molar-refractivity contribution >= 4 is 65.6 Å². The van der Waals surface area contributed by atoms with E-state index in [0.717, 1.165) is 13.8 Å². The highest BCUT2D eigenvalue weighted by Crippen LogP contribution is 2.74. The Bertz CT molecular complexity index is 3030. The summed E-state index contributed by atoms with van der Waals surface area (Å²) in [6.07, 6.45) is -12.4. The zero-order chi connectivity index (χ0) is 64.2. The molecule has 13 atom stereocenters. The number of aliphatic hydroxyl groups is 1. The summed E-state index contributed by atoms with van der Waals surface area (Å²) in [5, 5.41) is 16.7. The van der Waals surface area contributed by atoms with Gasteiger partial charge in [-0.1, -0.05) is 62.4 Å². The molecular formula is C62H77NO24. The number of methoxy groups -OCH3 is 1. The fourth-order valence-corrected chi connectivity index (χ4v) is 12.4. The molecule has 2 unspecified atom stereocenters. The van der Waals surface area contributed by atoms with Crippen LogP contribution in [0.1, 0.15) is 130 Å². The van der Waals surface area contributed by atoms with Crippen molar-refractivity contribution in [3.8, 4) is 0 Å². The normalized spacial score (nSPS) is 27.4. The number of carbonyl (C=O) groups is 11. The molecule has 25 heteroatoms. The first-order valence-electron chi connectivity index (χ1n) is 28.6. The van der Waals surface area contributed by atoms with Gasteiger partial charge in [0.2, 0.25) is 6.10 Å². The second-order valence-corrected chi connectivity index (χ2v) is 24.5. The molecule has 25 nitrogen and oxygen atoms in total. The summed E-state index contributed by atoms with van der Waals surface area (Å²) >= 11 is 0. The van der Waals surface area contributed by atoms with E-state index in [1.807, 2.05) is 0 Å². The van der Waals surface area contributed by atoms with Crippen molar-refractivity contribution in [3.63, 3.8) is 0 Å². The van der Waals surface area contributed by atoms with Gasteiger partial charge in [0.1, 0.15) is 60.8 Å². The quantitative estimate of drug-likeness (QED) is 0.0637. The van der Waals surface area contributed by atoms with Crippen molar-refractivity contribution in [1.29, 1.82) is 0 Å². The van der Waals surface area contributed by atoms with Crippen LogP contribution in [0.5, 0.6) is 0 Å². The van der Waals surface area contributed by atoms with Crippen LogP contribution in [-0.2, 0) is 100.0 Å². The van der Waals surface area contributed by atoms with Crippen molar-refractivity contribution in [3.05, 3.63) is 82.9 Å². The number of carbonyl (C=O) groups excluding carboxylic acids is 11. The van der Waals surface area contributed by atoms with Crippen LogP contribution in [-0.4, -0.2) is 164 Å². The van der Waals surface area contributed by atoms with Crippen LogP contribution in [0.3, 0.4) is 0 Å². The lowest BCUT2D eigenvalue weighted by Gasteiger charge is -2.64. The third kappa shape index (κ3) is 14.2. The van der Waals surface area contributed by atoms with E-state index in [2.05, 4.69) is 5.32 Å². The van der Waals surface area contributed by atoms with Gasteiger partial charge in [-0.05, 0) is 89.1 Å². The summed E-state index contributed by atoms with van der Waals surface area (Å²) in [4.78, 5) is 151. The summed E-state index contributed by atoms with van der Waals surface area (Å²) in [5.41, 5.74) is -10.0. The third-order valence-electron chi connectivity index (χ3n) is 16.7. The fraction of sp³-hybridized carbons (Fsp3) is 0.597. The summed E-state index contributed by atoms with van der Waals surface area (Å²) in [7, 11) is 1.36. The summed E-state index contributed by atoms with van der Waals surface area (Å²) < 4.78 is 68.5. The number of rotatable bonds is 23. The number of alkyl carbamates (subject to hydrolysis) is 1. The molecule has 2 aromatic rings. The molecule has 2 aromatic carbocycles. The Hall–Kier alpha value is -7.77. The first-order valence-corrected chi connectivity index (χ1v) is 28.6. The predicted octanol–water partition coefficient (Wildman–Crippen LogP) is 5.03. The average molecular weight is 1220 g/mol. The molecule has 87 heavy (non-hydrogen) atoms. The molecule has 7 rings (SSSR count). The molecule has 3 saturated carbocycles. The number of nitrogens with one attached hydrogen (secondary N) is 1. The van der Waals surface area contributed by atoms with E-state index >= 15 is 9.59 Å². The van der Waals surface area contributed by atoms with E-state index in [0.29, 0.717) is 0 Å². The van der Waals surface area contributed by atoms with Gasteiger partial charge < -0.3 is 67.3 Å². The van der Waals surface area contributed by atoms with Crippen LogP contribution in [0, 0.1) is 28.1 Å². The maximum atomic E-state index is 15.8. The lowest BCUT2D eigenvalue weighted by molar-refractivity contribution is -0.323. The van der Waals surface area contributed by atoms with Crippen molar-refractivity contribution in [1.82, 2.24) is 5.32 Å². The number of hydrogen-bond donors (Lipinski definition) is 2. The van der Waals surface area contributed by atoms with Gasteiger partial charge in [0.05, 0.1) is 37.5 Å². The van der Waals surface area contributed by atoms with E-state index < -0.39 is 186 Å². The third-order valence-corrected chi connectivity index (χ3v) is 16.7. The highest BCUT2D eigenvalue weighted by Gasteiger charge is 2.84. The highest BCUT2D eigenvalue weighted by molar-refractivity contribution is 5.98. The topological polar surface area (TPSA) is 331 Å². The molecule has 4 aliphatic carbocycles. The number of fused-ring (bicyclic) bond motifs is 4. The molecule has 1 aliphatic heterocycles. The Kier molecular flexibility index (Phi) is 20.2. The summed E-state index contributed by atoms with van der Waals surface area (Å²) in [5.74, 6) is -11.5. The molecule has 5 aliphatic rings. The standard InChI is InChI=1S/C62H77NO24/c1-33-41(29-62(75)51(85-53(71)39-21-17-14-18-22-39)49-60(50(69)47(82-36(4)65)45(33)58(62,9)10)28-40(60)27-42-61(49,32-78-42)86-37(5)66)83-54(72)48(46(38-19-15-13-16-20-38)63-56(74)87-57(6,7)8)84-44(68)24-23-43(67)79-30-59(11,55(73)77-26-25-76-12)31-80-52(70)34(2)81-35(3)64/h13-22,34,40-42,46-49,51,75H,23-32H2,1-12H3,(H,63,74)/t34?,40-,41+,42-,46+,47-,48-,49+,51+,59?,60-,61+,62-/m1/s1. The molecule has 2 bridgehead atoms. The zero-order valence-corrected chi connectivity index (χ0v) is 50.9. The number of esters is 9. The second-order valence-electron chi connectivity index (χ2n) is 24.5. The minimum Gasteiger partial charge on any atom is -0.464 e. The van der Waals surface area contributed by atoms with Gasteiger partial charge in [0.15, 0.2) is 23.6 Å². The molecule has 1 saturated heterocycles. The highest BCUT2D eigenvalue weighted by atomic mass is 16.6. The number of ether oxygens (including phenoxy) is 12. The number of benzene rings is 2. The molecule has 2 N–H and O–H groups in total. The number of amides is 1. The van der Waals surface area contributed by atoms with Gasteiger partial charge in [0, 0.05) is 45.1 Å². The molecule has 1 heterocycles. The summed E-state index contributed by atoms with van der Waals surface area (Å²) in [6.45, 7) is 13.2. The molecule has 0 aromatic heterocycles. The maximum Gasteiger partial charge on any atom is 0.408 e. The van der Waals surface area contributed by atoms with Crippen LogP contribution >= 0.6 is 0 Å².